The number of ether oxygens (including phenoxy) is 1. The molecule has 5 rings (SSSR count). The van der Waals surface area contributed by atoms with Gasteiger partial charge >= 0.3 is 0 Å². The number of β-amino-alcohol motifs (C(OH)–C–C–N with tert-alkyl or cyclic N) is 1. The molecule has 6 amide bonds. The van der Waals surface area contributed by atoms with Crippen LogP contribution in [0.3, 0.4) is 0 Å². The summed E-state index contributed by atoms with van der Waals surface area (Å²) in [6.45, 7) is 3.28. The number of nitrogens with one attached hydrogen (secondary N) is 6. The van der Waals surface area contributed by atoms with Gasteiger partial charge in [-0.1, -0.05) is 54.1 Å². The minimum Gasteiger partial charge on any atom is -0.508 e. The zero-order valence-corrected chi connectivity index (χ0v) is 42.3. The Morgan fingerprint density at radius 1 is 0.750 bits per heavy atom. The van der Waals surface area contributed by atoms with Crippen LogP contribution in [0.5, 0.6) is 5.75 Å². The van der Waals surface area contributed by atoms with E-state index < -0.39 is 133 Å². The lowest BCUT2D eigenvalue weighted by Crippen LogP contribution is -2.64. The minimum absolute atomic E-state index is 0.00264. The van der Waals surface area contributed by atoms with Crippen molar-refractivity contribution in [1.29, 1.82) is 0 Å². The second-order valence-corrected chi connectivity index (χ2v) is 19.0. The molecule has 0 spiro atoms. The maximum absolute atomic E-state index is 14.6. The Morgan fingerprint density at radius 2 is 1.37 bits per heavy atom. The van der Waals surface area contributed by atoms with Gasteiger partial charge in [-0.3, -0.25) is 33.6 Å². The number of carbonyl (C=O) groups is 7. The van der Waals surface area contributed by atoms with Crippen molar-refractivity contribution in [3.8, 4) is 16.9 Å². The molecule has 416 valence electrons. The Morgan fingerprint density at radius 3 is 1.93 bits per heavy atom. The van der Waals surface area contributed by atoms with E-state index in [0.29, 0.717) is 0 Å². The molecule has 2 heterocycles. The summed E-state index contributed by atoms with van der Waals surface area (Å²) in [7, 11) is 0. The fourth-order valence-electron chi connectivity index (χ4n) is 8.83. The number of phenolic OH excluding ortho intramolecular Hbond substituents is 1. The molecule has 2 fully saturated rings. The van der Waals surface area contributed by atoms with Crippen molar-refractivity contribution in [2.45, 2.75) is 132 Å². The van der Waals surface area contributed by atoms with Crippen LogP contribution >= 0.6 is 0 Å². The van der Waals surface area contributed by atoms with Gasteiger partial charge in [0.25, 0.3) is 5.91 Å². The number of nitrogens with two attached hydrogens (primary N) is 2. The third kappa shape index (κ3) is 16.0. The predicted molar refractivity (Wildman–Crippen MR) is 271 cm³/mol. The lowest BCUT2D eigenvalue weighted by Gasteiger charge is -2.34. The van der Waals surface area contributed by atoms with Crippen LogP contribution in [0.25, 0.3) is 11.1 Å². The number of likely N-dealkylation sites (tertiary alicyclic amines) is 1. The molecule has 25 heteroatoms. The van der Waals surface area contributed by atoms with E-state index in [4.69, 9.17) is 16.2 Å². The smallest absolute Gasteiger partial charge is 0.251 e. The van der Waals surface area contributed by atoms with E-state index in [-0.39, 0.29) is 68.9 Å². The van der Waals surface area contributed by atoms with E-state index in [1.165, 1.54) is 43.3 Å². The highest BCUT2D eigenvalue weighted by Crippen LogP contribution is 2.25. The zero-order chi connectivity index (χ0) is 56.0. The predicted octanol–water partition coefficient (Wildman–Crippen LogP) is -4.45. The number of hydrogen-bond acceptors (Lipinski definition) is 19. The van der Waals surface area contributed by atoms with Gasteiger partial charge in [0.1, 0.15) is 54.3 Å². The van der Waals surface area contributed by atoms with Gasteiger partial charge in [-0.25, -0.2) is 0 Å². The molecular weight excluding hydrogens is 995 g/mol. The summed E-state index contributed by atoms with van der Waals surface area (Å²) < 4.78 is 5.70. The first kappa shape index (κ1) is 60.4. The van der Waals surface area contributed by atoms with Crippen molar-refractivity contribution in [1.82, 2.24) is 36.8 Å². The molecule has 25 nitrogen and oxygen atoms in total. The monoisotopic (exact) mass is 1070 g/mol. The van der Waals surface area contributed by atoms with Crippen LogP contribution in [0, 0.1) is 6.92 Å². The third-order valence-corrected chi connectivity index (χ3v) is 13.1. The number of aliphatic hydroxyl groups excluding tert-OH is 7. The van der Waals surface area contributed by atoms with Crippen LogP contribution in [-0.2, 0) is 33.5 Å². The van der Waals surface area contributed by atoms with E-state index in [1.54, 1.807) is 12.1 Å². The number of aromatic hydroxyl groups is 1. The van der Waals surface area contributed by atoms with Crippen molar-refractivity contribution < 1.29 is 79.2 Å². The molecule has 2 aliphatic rings. The van der Waals surface area contributed by atoms with Gasteiger partial charge in [-0.2, -0.15) is 0 Å². The molecule has 18 N–H and O–H groups in total. The summed E-state index contributed by atoms with van der Waals surface area (Å²) in [5.41, 5.74) is 14.2. The first-order chi connectivity index (χ1) is 36.0. The van der Waals surface area contributed by atoms with Crippen LogP contribution in [0.1, 0.15) is 67.1 Å². The highest BCUT2D eigenvalue weighted by atomic mass is 16.5. The number of hydrogen-bond donors (Lipinski definition) is 16. The van der Waals surface area contributed by atoms with Crippen molar-refractivity contribution in [2.24, 2.45) is 11.5 Å². The molecule has 3 aromatic rings. The number of aliphatic hydroxyl groups is 7. The van der Waals surface area contributed by atoms with Gasteiger partial charge in [0.05, 0.1) is 37.1 Å². The maximum atomic E-state index is 14.6. The van der Waals surface area contributed by atoms with E-state index >= 15 is 0 Å². The first-order valence-corrected chi connectivity index (χ1v) is 24.9. The maximum Gasteiger partial charge on any atom is 0.251 e. The molecule has 2 saturated heterocycles. The fourth-order valence-corrected chi connectivity index (χ4v) is 8.83. The number of nitrogens with zero attached hydrogens (tertiary/aromatic N) is 1. The number of amides is 6. The van der Waals surface area contributed by atoms with Crippen LogP contribution in [0.2, 0.25) is 0 Å². The van der Waals surface area contributed by atoms with Crippen molar-refractivity contribution in [3.05, 3.63) is 89.5 Å². The van der Waals surface area contributed by atoms with Gasteiger partial charge in [-0.05, 0) is 87.5 Å². The molecule has 0 saturated carbocycles. The molecule has 0 aliphatic carbocycles. The summed E-state index contributed by atoms with van der Waals surface area (Å²) in [4.78, 5) is 97.3. The Bertz CT molecular complexity index is 2450. The average molecular weight is 1070 g/mol. The topological polar surface area (TPSA) is 418 Å². The summed E-state index contributed by atoms with van der Waals surface area (Å²) in [6, 6.07) is 8.93. The highest BCUT2D eigenvalue weighted by molar-refractivity contribution is 5.99. The lowest BCUT2D eigenvalue weighted by molar-refractivity contribution is -0.149. The zero-order valence-electron chi connectivity index (χ0n) is 42.3. The average Bonchev–Trinajstić information content (AvgIpc) is 4.01. The molecule has 14 unspecified atom stereocenters. The molecule has 14 atom stereocenters. The molecule has 0 aromatic heterocycles. The Kier molecular flexibility index (Phi) is 22.3. The SMILES string of the molecule is CC(=O)C(NC(=O)C(CC(O)C(NC(=O)C1C(O)CCN1C(=O)C(NC(=O)C(NC(=O)C1CC(O)CN1)C(O)C(O)c1ccc(O)cc1)C(O)CCN)OCCN)NC(=O)c1ccc(-c2ccc(C)cc2)cc1)C(C)O. The van der Waals surface area contributed by atoms with Crippen LogP contribution < -0.4 is 43.4 Å². The number of rotatable bonds is 26. The van der Waals surface area contributed by atoms with E-state index in [2.05, 4.69) is 31.9 Å². The Labute approximate surface area is 438 Å². The van der Waals surface area contributed by atoms with E-state index in [9.17, 15) is 74.4 Å². The normalized spacial score (nSPS) is 21.3. The highest BCUT2D eigenvalue weighted by Gasteiger charge is 2.47. The number of phenols is 1. The van der Waals surface area contributed by atoms with Crippen LogP contribution in [0.4, 0.5) is 0 Å². The van der Waals surface area contributed by atoms with Gasteiger partial charge < -0.3 is 93.9 Å². The molecule has 0 radical (unpaired) electrons. The molecule has 3 aromatic carbocycles. The quantitative estimate of drug-likeness (QED) is 0.0337. The standard InChI is InChI=1S/C51H71N9O16/c1-25-4-6-28(7-5-25)29-8-10-31(11-9-29)45(70)55-35(47(72)56-39(26(2)61)27(3)62)23-38(67)50(76-21-19-53)59-49(74)42-37(66)17-20-60(42)51(75)40(36(65)16-18-52)57-48(73)41(58-46(71)34-22-33(64)24-54-34)44(69)43(68)30-12-14-32(63)15-13-30/h4-15,26,33-44,50,54,61,63-69H,16-24,52-53H2,1-3H3,(H,55,70)(H,56,72)(H,57,73)(H,58,71)(H,59,74). The number of carbonyl (C=O) groups excluding carboxylic acids is 7. The Balaban J connectivity index is 1.38. The van der Waals surface area contributed by atoms with Crippen molar-refractivity contribution in [2.75, 3.05) is 32.8 Å². The number of aryl methyl sites for hydroxylation is 1. The van der Waals surface area contributed by atoms with Crippen LogP contribution in [-0.4, -0.2) is 199 Å². The van der Waals surface area contributed by atoms with Gasteiger partial charge in [0, 0.05) is 31.6 Å². The fraction of sp³-hybridized carbons (Fsp3) is 0.510. The van der Waals surface area contributed by atoms with Crippen molar-refractivity contribution >= 4 is 41.2 Å². The molecule has 2 aliphatic heterocycles. The van der Waals surface area contributed by atoms with E-state index in [1.807, 2.05) is 31.2 Å². The van der Waals surface area contributed by atoms with E-state index in [0.717, 1.165) is 28.5 Å². The summed E-state index contributed by atoms with van der Waals surface area (Å²) in [5.74, 6) is -7.11. The van der Waals surface area contributed by atoms with Gasteiger partial charge in [0.15, 0.2) is 12.0 Å². The van der Waals surface area contributed by atoms with Crippen LogP contribution in [0.15, 0.2) is 72.8 Å². The second-order valence-electron chi connectivity index (χ2n) is 19.0. The summed E-state index contributed by atoms with van der Waals surface area (Å²) >= 11 is 0. The molecule has 0 bridgehead atoms. The lowest BCUT2D eigenvalue weighted by atomic mass is 9.96. The van der Waals surface area contributed by atoms with Gasteiger partial charge in [-0.15, -0.1) is 0 Å². The largest absolute Gasteiger partial charge is 0.508 e. The van der Waals surface area contributed by atoms with Crippen molar-refractivity contribution in [3.63, 3.8) is 0 Å². The third-order valence-electron chi connectivity index (χ3n) is 13.1. The molecule has 76 heavy (non-hydrogen) atoms. The first-order valence-electron chi connectivity index (χ1n) is 24.9. The molecular formula is C51H71N9O16. The van der Waals surface area contributed by atoms with Gasteiger partial charge in [0.2, 0.25) is 29.5 Å². The summed E-state index contributed by atoms with van der Waals surface area (Å²) in [5, 5.41) is 102. The minimum atomic E-state index is -2.14. The number of ketones is 1. The second kappa shape index (κ2) is 28.0. The Hall–Kier alpha value is -6.49. The summed E-state index contributed by atoms with van der Waals surface area (Å²) in [6.07, 6.45) is -14.8. The number of benzene rings is 3. The number of Topliss-reactive ketones (excluding diaryl/α,β-unsaturated/α-hetero) is 1.